The van der Waals surface area contributed by atoms with E-state index in [1.54, 1.807) is 24.4 Å². The summed E-state index contributed by atoms with van der Waals surface area (Å²) in [5.41, 5.74) is 4.21. The third-order valence-electron chi connectivity index (χ3n) is 5.12. The number of hydrogen-bond donors (Lipinski definition) is 2. The Kier molecular flexibility index (Phi) is 5.18. The molecule has 0 saturated heterocycles. The molecule has 3 aromatic rings. The van der Waals surface area contributed by atoms with Crippen LogP contribution in [0.15, 0.2) is 53.5 Å². The number of fused-ring (bicyclic) bond motifs is 1. The first-order valence-corrected chi connectivity index (χ1v) is 11.6. The molecular formula is C23H23N3O4S. The van der Waals surface area contributed by atoms with E-state index in [1.165, 1.54) is 0 Å². The maximum absolute atomic E-state index is 12.4. The molecule has 0 amide bonds. The molecule has 1 aliphatic heterocycles. The lowest BCUT2D eigenvalue weighted by Crippen LogP contribution is -2.18. The van der Waals surface area contributed by atoms with E-state index in [0.717, 1.165) is 34.3 Å². The molecule has 0 fully saturated rings. The van der Waals surface area contributed by atoms with Gasteiger partial charge in [0.15, 0.2) is 0 Å². The van der Waals surface area contributed by atoms with E-state index >= 15 is 0 Å². The van der Waals surface area contributed by atoms with Gasteiger partial charge in [0.2, 0.25) is 10.0 Å². The Morgan fingerprint density at radius 1 is 1.06 bits per heavy atom. The molecule has 4 rings (SSSR count). The minimum absolute atomic E-state index is 0.174. The number of rotatable bonds is 5. The highest BCUT2D eigenvalue weighted by molar-refractivity contribution is 7.92. The molecule has 1 aromatic heterocycles. The van der Waals surface area contributed by atoms with Crippen LogP contribution in [0.2, 0.25) is 0 Å². The summed E-state index contributed by atoms with van der Waals surface area (Å²) in [6, 6.07) is 12.8. The number of H-pyrrole nitrogens is 1. The van der Waals surface area contributed by atoms with Crippen LogP contribution in [0.25, 0.3) is 23.3 Å². The molecule has 0 spiro atoms. The van der Waals surface area contributed by atoms with E-state index in [-0.39, 0.29) is 11.0 Å². The molecule has 2 heterocycles. The van der Waals surface area contributed by atoms with Gasteiger partial charge in [-0.1, -0.05) is 38.1 Å². The van der Waals surface area contributed by atoms with Gasteiger partial charge < -0.3 is 4.74 Å². The van der Waals surface area contributed by atoms with Crippen molar-refractivity contribution in [1.82, 2.24) is 10.2 Å². The highest BCUT2D eigenvalue weighted by atomic mass is 32.2. The smallest absolute Gasteiger partial charge is 0.272 e. The summed E-state index contributed by atoms with van der Waals surface area (Å²) in [6.07, 6.45) is 6.57. The van der Waals surface area contributed by atoms with Crippen LogP contribution in [0.5, 0.6) is 5.75 Å². The Balaban J connectivity index is 1.72. The minimum atomic E-state index is -3.31. The van der Waals surface area contributed by atoms with Gasteiger partial charge >= 0.3 is 0 Å². The highest BCUT2D eigenvalue weighted by Gasteiger charge is 2.34. The molecule has 2 N–H and O–H groups in total. The molecule has 1 aliphatic rings. The van der Waals surface area contributed by atoms with E-state index in [9.17, 15) is 13.2 Å². The third-order valence-corrected chi connectivity index (χ3v) is 5.72. The summed E-state index contributed by atoms with van der Waals surface area (Å²) in [5.74, 6) is 0.732. The van der Waals surface area contributed by atoms with Gasteiger partial charge in [-0.25, -0.2) is 13.5 Å². The zero-order chi connectivity index (χ0) is 22.2. The van der Waals surface area contributed by atoms with Crippen molar-refractivity contribution in [3.63, 3.8) is 0 Å². The Morgan fingerprint density at radius 3 is 2.45 bits per heavy atom. The van der Waals surface area contributed by atoms with E-state index in [4.69, 9.17) is 4.74 Å². The molecule has 0 saturated carbocycles. The lowest BCUT2D eigenvalue weighted by atomic mass is 9.84. The molecule has 8 heteroatoms. The van der Waals surface area contributed by atoms with Crippen LogP contribution in [-0.2, 0) is 15.4 Å². The summed E-state index contributed by atoms with van der Waals surface area (Å²) in [6.45, 7) is 4.76. The van der Waals surface area contributed by atoms with Gasteiger partial charge in [-0.15, -0.1) is 0 Å². The van der Waals surface area contributed by atoms with Crippen molar-refractivity contribution in [2.75, 3.05) is 17.6 Å². The Hall–Kier alpha value is -3.39. The summed E-state index contributed by atoms with van der Waals surface area (Å²) in [7, 11) is -3.31. The monoisotopic (exact) mass is 437 g/mol. The van der Waals surface area contributed by atoms with Crippen LogP contribution in [0.1, 0.15) is 30.5 Å². The predicted octanol–water partition coefficient (Wildman–Crippen LogP) is 3.65. The molecule has 31 heavy (non-hydrogen) atoms. The molecule has 0 unspecified atom stereocenters. The standard InChI is InChI=1S/C23H23N3O4S/c1-23(2)14-30-21-19(18-10-11-24-25-22(18)27)12-16(13-20(21)23)5-4-15-6-8-17(9-7-15)26-31(3,28)29/h4-13,26H,14H2,1-3H3,(H,25,27). The van der Waals surface area contributed by atoms with Crippen LogP contribution in [0.4, 0.5) is 5.69 Å². The second kappa shape index (κ2) is 7.70. The summed E-state index contributed by atoms with van der Waals surface area (Å²) in [5, 5.41) is 6.27. The molecule has 160 valence electrons. The zero-order valence-electron chi connectivity index (χ0n) is 17.5. The minimum Gasteiger partial charge on any atom is -0.492 e. The second-order valence-corrected chi connectivity index (χ2v) is 10.00. The van der Waals surface area contributed by atoms with Gasteiger partial charge in [-0.2, -0.15) is 5.10 Å². The average molecular weight is 438 g/mol. The second-order valence-electron chi connectivity index (χ2n) is 8.25. The fraction of sp³-hybridized carbons (Fsp3) is 0.217. The molecule has 7 nitrogen and oxygen atoms in total. The van der Waals surface area contributed by atoms with Crippen molar-refractivity contribution in [1.29, 1.82) is 0 Å². The molecule has 0 bridgehead atoms. The maximum atomic E-state index is 12.4. The van der Waals surface area contributed by atoms with Gasteiger partial charge in [0.25, 0.3) is 5.56 Å². The Labute approximate surface area is 180 Å². The third kappa shape index (κ3) is 4.54. The Morgan fingerprint density at radius 2 is 1.77 bits per heavy atom. The summed E-state index contributed by atoms with van der Waals surface area (Å²) in [4.78, 5) is 12.4. The lowest BCUT2D eigenvalue weighted by molar-refractivity contribution is 0.292. The van der Waals surface area contributed by atoms with E-state index < -0.39 is 10.0 Å². The van der Waals surface area contributed by atoms with Crippen LogP contribution in [0, 0.1) is 0 Å². The number of aromatic nitrogens is 2. The molecule has 0 radical (unpaired) electrons. The van der Waals surface area contributed by atoms with Crippen LogP contribution < -0.4 is 15.0 Å². The SMILES string of the molecule is CC1(C)COc2c(-c3ccn[nH]c3=O)cc(C=Cc3ccc(NS(C)(=O)=O)cc3)cc21. The number of hydrogen-bond acceptors (Lipinski definition) is 5. The fourth-order valence-corrected chi connectivity index (χ4v) is 4.12. The highest BCUT2D eigenvalue weighted by Crippen LogP contribution is 2.44. The van der Waals surface area contributed by atoms with Gasteiger partial charge in [0, 0.05) is 28.4 Å². The van der Waals surface area contributed by atoms with Crippen LogP contribution in [-0.4, -0.2) is 31.5 Å². The van der Waals surface area contributed by atoms with Gasteiger partial charge in [-0.3, -0.25) is 9.52 Å². The van der Waals surface area contributed by atoms with Crippen molar-refractivity contribution in [2.24, 2.45) is 0 Å². The first-order chi connectivity index (χ1) is 14.6. The van der Waals surface area contributed by atoms with Gasteiger partial charge in [0.05, 0.1) is 18.4 Å². The predicted molar refractivity (Wildman–Crippen MR) is 123 cm³/mol. The first-order valence-electron chi connectivity index (χ1n) is 9.74. The fourth-order valence-electron chi connectivity index (χ4n) is 3.56. The zero-order valence-corrected chi connectivity index (χ0v) is 18.3. The molecular weight excluding hydrogens is 414 g/mol. The first kappa shape index (κ1) is 20.9. The van der Waals surface area contributed by atoms with E-state index in [0.29, 0.717) is 17.9 Å². The number of aromatic amines is 1. The number of nitrogens with one attached hydrogen (secondary N) is 2. The van der Waals surface area contributed by atoms with Crippen LogP contribution in [0.3, 0.4) is 0 Å². The van der Waals surface area contributed by atoms with Crippen molar-refractivity contribution in [2.45, 2.75) is 19.3 Å². The van der Waals surface area contributed by atoms with Gasteiger partial charge in [-0.05, 0) is 41.5 Å². The van der Waals surface area contributed by atoms with E-state index in [2.05, 4.69) is 34.8 Å². The Bertz CT molecular complexity index is 1320. The molecule has 0 atom stereocenters. The molecule has 0 aliphatic carbocycles. The number of anilines is 1. The largest absolute Gasteiger partial charge is 0.492 e. The number of ether oxygens (including phenoxy) is 1. The summed E-state index contributed by atoms with van der Waals surface area (Å²) >= 11 is 0. The average Bonchev–Trinajstić information content (AvgIpc) is 3.01. The normalized spacial score (nSPS) is 14.9. The van der Waals surface area contributed by atoms with Crippen molar-refractivity contribution in [3.8, 4) is 16.9 Å². The number of benzene rings is 2. The quantitative estimate of drug-likeness (QED) is 0.594. The summed E-state index contributed by atoms with van der Waals surface area (Å²) < 4.78 is 31.1. The van der Waals surface area contributed by atoms with Crippen LogP contribution >= 0.6 is 0 Å². The maximum Gasteiger partial charge on any atom is 0.272 e. The number of nitrogens with zero attached hydrogens (tertiary/aromatic N) is 1. The van der Waals surface area contributed by atoms with Crippen molar-refractivity contribution >= 4 is 27.9 Å². The van der Waals surface area contributed by atoms with Gasteiger partial charge in [0.1, 0.15) is 5.75 Å². The molecule has 2 aromatic carbocycles. The lowest BCUT2D eigenvalue weighted by Gasteiger charge is -2.16. The number of sulfonamides is 1. The van der Waals surface area contributed by atoms with E-state index in [1.807, 2.05) is 30.4 Å². The topological polar surface area (TPSA) is 101 Å². The van der Waals surface area contributed by atoms with Crippen molar-refractivity contribution < 1.29 is 13.2 Å². The van der Waals surface area contributed by atoms with Crippen molar-refractivity contribution in [3.05, 3.63) is 75.7 Å².